The first-order valence-corrected chi connectivity index (χ1v) is 6.84. The summed E-state index contributed by atoms with van der Waals surface area (Å²) >= 11 is 5.95. The van der Waals surface area contributed by atoms with Crippen molar-refractivity contribution in [3.8, 4) is 5.75 Å². The van der Waals surface area contributed by atoms with Gasteiger partial charge in [-0.2, -0.15) is 0 Å². The molecule has 0 saturated carbocycles. The maximum absolute atomic E-state index is 12.4. The SMILES string of the molecule is O=C1/C(=C/c2cccc(Cl)c2)CCc2ccc(O)cc21. The topological polar surface area (TPSA) is 37.3 Å². The van der Waals surface area contributed by atoms with Crippen molar-refractivity contribution in [2.75, 3.05) is 0 Å². The van der Waals surface area contributed by atoms with Gasteiger partial charge in [0.15, 0.2) is 5.78 Å². The molecule has 1 aliphatic carbocycles. The molecule has 1 aliphatic rings. The smallest absolute Gasteiger partial charge is 0.189 e. The molecule has 3 rings (SSSR count). The predicted octanol–water partition coefficient (Wildman–Crippen LogP) is 4.26. The van der Waals surface area contributed by atoms with Crippen molar-refractivity contribution in [1.82, 2.24) is 0 Å². The number of halogens is 1. The van der Waals surface area contributed by atoms with Gasteiger partial charge in [0.05, 0.1) is 0 Å². The molecule has 0 radical (unpaired) electrons. The fourth-order valence-electron chi connectivity index (χ4n) is 2.48. The molecule has 0 bridgehead atoms. The average Bonchev–Trinajstić information content (AvgIpc) is 2.43. The van der Waals surface area contributed by atoms with Gasteiger partial charge < -0.3 is 5.11 Å². The van der Waals surface area contributed by atoms with Crippen molar-refractivity contribution < 1.29 is 9.90 Å². The van der Waals surface area contributed by atoms with E-state index in [0.717, 1.165) is 23.1 Å². The number of phenolic OH excluding ortho intramolecular Hbond substituents is 1. The van der Waals surface area contributed by atoms with Gasteiger partial charge in [-0.05, 0) is 54.3 Å². The van der Waals surface area contributed by atoms with Gasteiger partial charge in [-0.3, -0.25) is 4.79 Å². The molecule has 0 heterocycles. The van der Waals surface area contributed by atoms with Crippen LogP contribution >= 0.6 is 11.6 Å². The lowest BCUT2D eigenvalue weighted by Gasteiger charge is -2.17. The van der Waals surface area contributed by atoms with Crippen LogP contribution in [0.2, 0.25) is 5.02 Å². The number of ketones is 1. The van der Waals surface area contributed by atoms with Crippen LogP contribution in [0.5, 0.6) is 5.75 Å². The lowest BCUT2D eigenvalue weighted by molar-refractivity contribution is 0.102. The number of carbonyl (C=O) groups is 1. The molecule has 0 atom stereocenters. The summed E-state index contributed by atoms with van der Waals surface area (Å²) in [5.74, 6) is 0.114. The molecular formula is C17H13ClO2. The summed E-state index contributed by atoms with van der Waals surface area (Å²) in [6.45, 7) is 0. The Morgan fingerprint density at radius 1 is 1.10 bits per heavy atom. The van der Waals surface area contributed by atoms with E-state index in [1.807, 2.05) is 30.3 Å². The number of carbonyl (C=O) groups excluding carboxylic acids is 1. The molecule has 100 valence electrons. The Balaban J connectivity index is 2.00. The number of fused-ring (bicyclic) bond motifs is 1. The molecule has 0 unspecified atom stereocenters. The van der Waals surface area contributed by atoms with Crippen LogP contribution in [0.1, 0.15) is 27.9 Å². The van der Waals surface area contributed by atoms with E-state index < -0.39 is 0 Å². The number of allylic oxidation sites excluding steroid dienone is 1. The van der Waals surface area contributed by atoms with Crippen LogP contribution in [0.4, 0.5) is 0 Å². The first kappa shape index (κ1) is 12.9. The van der Waals surface area contributed by atoms with Crippen molar-refractivity contribution in [2.45, 2.75) is 12.8 Å². The van der Waals surface area contributed by atoms with Crippen molar-refractivity contribution in [3.05, 3.63) is 69.8 Å². The van der Waals surface area contributed by atoms with E-state index in [0.29, 0.717) is 17.0 Å². The van der Waals surface area contributed by atoms with E-state index in [4.69, 9.17) is 11.6 Å². The summed E-state index contributed by atoms with van der Waals surface area (Å²) in [5, 5.41) is 10.2. The molecule has 2 aromatic rings. The highest BCUT2D eigenvalue weighted by molar-refractivity contribution is 6.30. The first-order chi connectivity index (χ1) is 9.63. The average molecular weight is 285 g/mol. The van der Waals surface area contributed by atoms with E-state index >= 15 is 0 Å². The minimum Gasteiger partial charge on any atom is -0.508 e. The number of Topliss-reactive ketones (excluding diaryl/α,β-unsaturated/α-hetero) is 1. The third-order valence-corrected chi connectivity index (χ3v) is 3.72. The minimum absolute atomic E-state index is 0.0119. The van der Waals surface area contributed by atoms with Crippen molar-refractivity contribution >= 4 is 23.5 Å². The Morgan fingerprint density at radius 2 is 1.95 bits per heavy atom. The Morgan fingerprint density at radius 3 is 2.75 bits per heavy atom. The Labute approximate surface area is 122 Å². The molecule has 2 aromatic carbocycles. The van der Waals surface area contributed by atoms with Crippen LogP contribution in [0.25, 0.3) is 6.08 Å². The summed E-state index contributed by atoms with van der Waals surface area (Å²) < 4.78 is 0. The second-order valence-corrected chi connectivity index (χ2v) is 5.33. The van der Waals surface area contributed by atoms with Crippen LogP contribution in [0.3, 0.4) is 0 Å². The number of aryl methyl sites for hydroxylation is 1. The van der Waals surface area contributed by atoms with E-state index in [1.165, 1.54) is 0 Å². The Hall–Kier alpha value is -2.06. The molecule has 0 spiro atoms. The van der Waals surface area contributed by atoms with Crippen molar-refractivity contribution in [3.63, 3.8) is 0 Å². The first-order valence-electron chi connectivity index (χ1n) is 6.46. The van der Waals surface area contributed by atoms with Crippen molar-refractivity contribution in [1.29, 1.82) is 0 Å². The molecule has 0 fully saturated rings. The Kier molecular flexibility index (Phi) is 3.33. The molecule has 0 saturated heterocycles. The highest BCUT2D eigenvalue weighted by Crippen LogP contribution is 2.29. The van der Waals surface area contributed by atoms with Crippen LogP contribution in [0, 0.1) is 0 Å². The Bertz CT molecular complexity index is 717. The molecule has 2 nitrogen and oxygen atoms in total. The van der Waals surface area contributed by atoms with Gasteiger partial charge in [0.25, 0.3) is 0 Å². The molecule has 3 heteroatoms. The summed E-state index contributed by atoms with van der Waals surface area (Å²) in [5.41, 5.74) is 3.27. The number of hydrogen-bond donors (Lipinski definition) is 1. The summed E-state index contributed by atoms with van der Waals surface area (Å²) in [4.78, 5) is 12.4. The van der Waals surface area contributed by atoms with Gasteiger partial charge in [-0.15, -0.1) is 0 Å². The normalized spacial score (nSPS) is 16.2. The second-order valence-electron chi connectivity index (χ2n) is 4.90. The van der Waals surface area contributed by atoms with Crippen LogP contribution in [0.15, 0.2) is 48.0 Å². The van der Waals surface area contributed by atoms with Crippen molar-refractivity contribution in [2.24, 2.45) is 0 Å². The molecule has 0 aliphatic heterocycles. The number of phenols is 1. The minimum atomic E-state index is -0.0119. The van der Waals surface area contributed by atoms with Gasteiger partial charge in [0.2, 0.25) is 0 Å². The molecule has 0 aromatic heterocycles. The molecule has 0 amide bonds. The largest absolute Gasteiger partial charge is 0.508 e. The summed E-state index contributed by atoms with van der Waals surface area (Å²) in [6, 6.07) is 12.4. The highest BCUT2D eigenvalue weighted by Gasteiger charge is 2.22. The maximum atomic E-state index is 12.4. The lowest BCUT2D eigenvalue weighted by Crippen LogP contribution is -2.13. The van der Waals surface area contributed by atoms with Gasteiger partial charge in [-0.25, -0.2) is 0 Å². The zero-order valence-corrected chi connectivity index (χ0v) is 11.5. The van der Waals surface area contributed by atoms with Gasteiger partial charge in [0, 0.05) is 16.2 Å². The highest BCUT2D eigenvalue weighted by atomic mass is 35.5. The van der Waals surface area contributed by atoms with Gasteiger partial charge in [0.1, 0.15) is 5.75 Å². The fraction of sp³-hybridized carbons (Fsp3) is 0.118. The maximum Gasteiger partial charge on any atom is 0.189 e. The van der Waals surface area contributed by atoms with E-state index in [-0.39, 0.29) is 11.5 Å². The number of hydrogen-bond acceptors (Lipinski definition) is 2. The van der Waals surface area contributed by atoms with Gasteiger partial charge >= 0.3 is 0 Å². The summed E-state index contributed by atoms with van der Waals surface area (Å²) in [7, 11) is 0. The predicted molar refractivity (Wildman–Crippen MR) is 80.2 cm³/mol. The third-order valence-electron chi connectivity index (χ3n) is 3.48. The molecule has 20 heavy (non-hydrogen) atoms. The standard InChI is InChI=1S/C17H13ClO2/c18-14-3-1-2-11(9-14)8-13-5-4-12-6-7-15(19)10-16(12)17(13)20/h1-3,6-10,19H,4-5H2/b13-8+. The van der Waals surface area contributed by atoms with Crippen LogP contribution < -0.4 is 0 Å². The van der Waals surface area contributed by atoms with Crippen LogP contribution in [-0.4, -0.2) is 10.9 Å². The van der Waals surface area contributed by atoms with E-state index in [2.05, 4.69) is 0 Å². The quantitative estimate of drug-likeness (QED) is 0.795. The fourth-order valence-corrected chi connectivity index (χ4v) is 2.68. The van der Waals surface area contributed by atoms with Crippen LogP contribution in [-0.2, 0) is 6.42 Å². The molecule has 1 N–H and O–H groups in total. The number of rotatable bonds is 1. The monoisotopic (exact) mass is 284 g/mol. The summed E-state index contributed by atoms with van der Waals surface area (Å²) in [6.07, 6.45) is 3.40. The van der Waals surface area contributed by atoms with Gasteiger partial charge in [-0.1, -0.05) is 29.8 Å². The zero-order valence-electron chi connectivity index (χ0n) is 10.8. The zero-order chi connectivity index (χ0) is 14.1. The number of benzene rings is 2. The second kappa shape index (κ2) is 5.14. The van der Waals surface area contributed by atoms with E-state index in [9.17, 15) is 9.90 Å². The molecular weight excluding hydrogens is 272 g/mol. The number of aromatic hydroxyl groups is 1. The third kappa shape index (κ3) is 2.47. The van der Waals surface area contributed by atoms with E-state index in [1.54, 1.807) is 18.2 Å². The lowest BCUT2D eigenvalue weighted by atomic mass is 9.86.